The van der Waals surface area contributed by atoms with E-state index in [0.29, 0.717) is 11.3 Å². The number of nitrogens with zero attached hydrogens (tertiary/aromatic N) is 1. The maximum Gasteiger partial charge on any atom is 0.308 e. The monoisotopic (exact) mass is 291 g/mol. The maximum atomic E-state index is 12.6. The highest BCUT2D eigenvalue weighted by molar-refractivity contribution is 5.95. The maximum absolute atomic E-state index is 12.6. The van der Waals surface area contributed by atoms with Gasteiger partial charge in [0, 0.05) is 18.2 Å². The molecular formula is C16H21NO4. The van der Waals surface area contributed by atoms with Crippen LogP contribution in [0.15, 0.2) is 18.2 Å². The number of amides is 1. The number of carboxylic acids is 1. The Kier molecular flexibility index (Phi) is 4.50. The predicted molar refractivity (Wildman–Crippen MR) is 78.6 cm³/mol. The molecule has 0 radical (unpaired) electrons. The van der Waals surface area contributed by atoms with Crippen molar-refractivity contribution in [1.82, 2.24) is 4.90 Å². The van der Waals surface area contributed by atoms with E-state index >= 15 is 0 Å². The van der Waals surface area contributed by atoms with Crippen molar-refractivity contribution in [2.45, 2.75) is 32.7 Å². The van der Waals surface area contributed by atoms with Crippen LogP contribution in [0, 0.1) is 12.8 Å². The van der Waals surface area contributed by atoms with Crippen molar-refractivity contribution in [1.29, 1.82) is 0 Å². The smallest absolute Gasteiger partial charge is 0.308 e. The van der Waals surface area contributed by atoms with Crippen molar-refractivity contribution < 1.29 is 19.4 Å². The minimum atomic E-state index is -0.880. The van der Waals surface area contributed by atoms with Crippen LogP contribution in [-0.2, 0) is 4.79 Å². The zero-order valence-corrected chi connectivity index (χ0v) is 12.6. The van der Waals surface area contributed by atoms with Crippen LogP contribution in [-0.4, -0.2) is 41.6 Å². The number of hydrogen-bond donors (Lipinski definition) is 1. The Morgan fingerprint density at radius 3 is 2.62 bits per heavy atom. The van der Waals surface area contributed by atoms with Crippen LogP contribution < -0.4 is 4.74 Å². The number of ether oxygens (including phenoxy) is 1. The number of methoxy groups -OCH3 is 1. The fraction of sp³-hybridized carbons (Fsp3) is 0.500. The van der Waals surface area contributed by atoms with Crippen molar-refractivity contribution in [3.8, 4) is 5.75 Å². The van der Waals surface area contributed by atoms with E-state index in [1.165, 1.54) is 0 Å². The molecule has 1 saturated carbocycles. The number of hydrogen-bond acceptors (Lipinski definition) is 3. The highest BCUT2D eigenvalue weighted by Gasteiger charge is 2.35. The summed E-state index contributed by atoms with van der Waals surface area (Å²) in [5, 5.41) is 9.05. The predicted octanol–water partition coefficient (Wildman–Crippen LogP) is 2.33. The normalized spacial score (nSPS) is 15.4. The molecular weight excluding hydrogens is 270 g/mol. The van der Waals surface area contributed by atoms with Gasteiger partial charge in [-0.3, -0.25) is 9.59 Å². The molecule has 5 heteroatoms. The molecule has 1 aliphatic carbocycles. The Hall–Kier alpha value is -2.04. The summed E-state index contributed by atoms with van der Waals surface area (Å²) in [4.78, 5) is 25.3. The van der Waals surface area contributed by atoms with E-state index in [9.17, 15) is 9.59 Å². The van der Waals surface area contributed by atoms with E-state index < -0.39 is 11.9 Å². The molecule has 1 atom stereocenters. The average Bonchev–Trinajstić information content (AvgIpc) is 3.28. The van der Waals surface area contributed by atoms with Crippen molar-refractivity contribution >= 4 is 11.9 Å². The standard InChI is InChI=1S/C16H21NO4/c1-10-4-5-12(8-14(10)21-3)15(18)17(13-6-7-13)9-11(2)16(19)20/h4-5,8,11,13H,6-7,9H2,1-3H3,(H,19,20)/t11-/m1/s1. The van der Waals surface area contributed by atoms with Crippen LogP contribution in [0.4, 0.5) is 0 Å². The molecule has 0 bridgehead atoms. The van der Waals surface area contributed by atoms with Crippen molar-refractivity contribution in [3.63, 3.8) is 0 Å². The Morgan fingerprint density at radius 2 is 2.10 bits per heavy atom. The van der Waals surface area contributed by atoms with Gasteiger partial charge in [-0.25, -0.2) is 0 Å². The molecule has 2 rings (SSSR count). The van der Waals surface area contributed by atoms with Crippen LogP contribution in [0.5, 0.6) is 5.75 Å². The van der Waals surface area contributed by atoms with Gasteiger partial charge in [-0.15, -0.1) is 0 Å². The van der Waals surface area contributed by atoms with E-state index in [0.717, 1.165) is 18.4 Å². The van der Waals surface area contributed by atoms with Crippen LogP contribution >= 0.6 is 0 Å². The van der Waals surface area contributed by atoms with Crippen LogP contribution in [0.2, 0.25) is 0 Å². The lowest BCUT2D eigenvalue weighted by atomic mass is 10.1. The van der Waals surface area contributed by atoms with Gasteiger partial charge in [-0.05, 0) is 37.5 Å². The van der Waals surface area contributed by atoms with Gasteiger partial charge in [0.1, 0.15) is 5.75 Å². The molecule has 1 aromatic carbocycles. The molecule has 0 unspecified atom stereocenters. The van der Waals surface area contributed by atoms with Gasteiger partial charge >= 0.3 is 5.97 Å². The fourth-order valence-electron chi connectivity index (χ4n) is 2.28. The van der Waals surface area contributed by atoms with Crippen molar-refractivity contribution in [2.24, 2.45) is 5.92 Å². The van der Waals surface area contributed by atoms with E-state index in [-0.39, 0.29) is 18.5 Å². The molecule has 1 aromatic rings. The number of aliphatic carboxylic acids is 1. The SMILES string of the molecule is COc1cc(C(=O)N(C[C@@H](C)C(=O)O)C2CC2)ccc1C. The molecule has 114 valence electrons. The van der Waals surface area contributed by atoms with Crippen molar-refractivity contribution in [2.75, 3.05) is 13.7 Å². The quantitative estimate of drug-likeness (QED) is 0.873. The second-order valence-electron chi connectivity index (χ2n) is 5.61. The van der Waals surface area contributed by atoms with Gasteiger partial charge in [-0.1, -0.05) is 13.0 Å². The zero-order valence-electron chi connectivity index (χ0n) is 12.6. The summed E-state index contributed by atoms with van der Waals surface area (Å²) in [6.45, 7) is 3.79. The molecule has 0 heterocycles. The first kappa shape index (κ1) is 15.4. The third-order valence-corrected chi connectivity index (χ3v) is 3.80. The Bertz CT molecular complexity index is 551. The summed E-state index contributed by atoms with van der Waals surface area (Å²) in [6.07, 6.45) is 1.89. The summed E-state index contributed by atoms with van der Waals surface area (Å²) in [5.74, 6) is -0.899. The van der Waals surface area contributed by atoms with Gasteiger partial charge in [0.15, 0.2) is 0 Å². The lowest BCUT2D eigenvalue weighted by Gasteiger charge is -2.24. The number of aryl methyl sites for hydroxylation is 1. The molecule has 0 spiro atoms. The second-order valence-corrected chi connectivity index (χ2v) is 5.61. The molecule has 5 nitrogen and oxygen atoms in total. The summed E-state index contributed by atoms with van der Waals surface area (Å²) < 4.78 is 5.25. The average molecular weight is 291 g/mol. The summed E-state index contributed by atoms with van der Waals surface area (Å²) in [7, 11) is 1.57. The largest absolute Gasteiger partial charge is 0.496 e. The molecule has 1 aliphatic rings. The Labute approximate surface area is 124 Å². The first-order valence-electron chi connectivity index (χ1n) is 7.12. The first-order chi connectivity index (χ1) is 9.93. The third-order valence-electron chi connectivity index (χ3n) is 3.80. The molecule has 1 amide bonds. The number of carbonyl (C=O) groups is 2. The second kappa shape index (κ2) is 6.16. The highest BCUT2D eigenvalue weighted by Crippen LogP contribution is 2.30. The Balaban J connectivity index is 2.20. The van der Waals surface area contributed by atoms with Gasteiger partial charge < -0.3 is 14.7 Å². The van der Waals surface area contributed by atoms with E-state index in [4.69, 9.17) is 9.84 Å². The van der Waals surface area contributed by atoms with Gasteiger partial charge in [0.05, 0.1) is 13.0 Å². The van der Waals surface area contributed by atoms with E-state index in [1.54, 1.807) is 31.1 Å². The zero-order chi connectivity index (χ0) is 15.6. The number of rotatable bonds is 6. The highest BCUT2D eigenvalue weighted by atomic mass is 16.5. The third kappa shape index (κ3) is 3.54. The van der Waals surface area contributed by atoms with Gasteiger partial charge in [-0.2, -0.15) is 0 Å². The minimum absolute atomic E-state index is 0.121. The molecule has 0 saturated heterocycles. The summed E-state index contributed by atoms with van der Waals surface area (Å²) in [6, 6.07) is 5.50. The molecule has 0 aromatic heterocycles. The lowest BCUT2D eigenvalue weighted by Crippen LogP contribution is -2.38. The van der Waals surface area contributed by atoms with Crippen molar-refractivity contribution in [3.05, 3.63) is 29.3 Å². The number of carbonyl (C=O) groups excluding carboxylic acids is 1. The van der Waals surface area contributed by atoms with E-state index in [2.05, 4.69) is 0 Å². The van der Waals surface area contributed by atoms with Gasteiger partial charge in [0.25, 0.3) is 5.91 Å². The fourth-order valence-corrected chi connectivity index (χ4v) is 2.28. The summed E-state index contributed by atoms with van der Waals surface area (Å²) >= 11 is 0. The number of benzene rings is 1. The minimum Gasteiger partial charge on any atom is -0.496 e. The topological polar surface area (TPSA) is 66.8 Å². The molecule has 1 fully saturated rings. The van der Waals surface area contributed by atoms with Crippen LogP contribution in [0.25, 0.3) is 0 Å². The molecule has 21 heavy (non-hydrogen) atoms. The first-order valence-corrected chi connectivity index (χ1v) is 7.12. The van der Waals surface area contributed by atoms with E-state index in [1.807, 2.05) is 13.0 Å². The van der Waals surface area contributed by atoms with Gasteiger partial charge in [0.2, 0.25) is 0 Å². The molecule has 0 aliphatic heterocycles. The van der Waals surface area contributed by atoms with Crippen LogP contribution in [0.3, 0.4) is 0 Å². The number of carboxylic acid groups (broad SMARTS) is 1. The summed E-state index contributed by atoms with van der Waals surface area (Å²) in [5.41, 5.74) is 1.51. The Morgan fingerprint density at radius 1 is 1.43 bits per heavy atom. The molecule has 1 N–H and O–H groups in total. The lowest BCUT2D eigenvalue weighted by molar-refractivity contribution is -0.141. The van der Waals surface area contributed by atoms with Crippen LogP contribution in [0.1, 0.15) is 35.7 Å².